The van der Waals surface area contributed by atoms with Crippen molar-refractivity contribution < 1.29 is 0 Å². The van der Waals surface area contributed by atoms with Gasteiger partial charge in [0.05, 0.1) is 12.7 Å². The Morgan fingerprint density at radius 1 is 1.62 bits per heavy atom. The Morgan fingerprint density at radius 2 is 2.46 bits per heavy atom. The summed E-state index contributed by atoms with van der Waals surface area (Å²) in [6.07, 6.45) is 5.04. The fraction of sp³-hybridized carbons (Fsp3) is 0.125. The Morgan fingerprint density at radius 3 is 3.23 bits per heavy atom. The van der Waals surface area contributed by atoms with Crippen molar-refractivity contribution in [2.45, 2.75) is 6.54 Å². The molecule has 0 aromatic carbocycles. The van der Waals surface area contributed by atoms with Crippen molar-refractivity contribution in [2.24, 2.45) is 0 Å². The quantitative estimate of drug-likeness (QED) is 0.581. The number of fused-ring (bicyclic) bond motifs is 1. The van der Waals surface area contributed by atoms with Crippen LogP contribution < -0.4 is 0 Å². The molecule has 0 aliphatic rings. The summed E-state index contributed by atoms with van der Waals surface area (Å²) in [4.78, 5) is 11.1. The van der Waals surface area contributed by atoms with E-state index in [4.69, 9.17) is 12.2 Å². The number of allylic oxidation sites excluding steroid dienone is 1. The molecule has 1 N–H and O–H groups in total. The van der Waals surface area contributed by atoms with Crippen molar-refractivity contribution in [3.05, 3.63) is 30.0 Å². The van der Waals surface area contributed by atoms with E-state index in [1.807, 2.05) is 4.57 Å². The first kappa shape index (κ1) is 8.12. The smallest absolute Gasteiger partial charge is 0.181 e. The average molecular weight is 192 g/mol. The number of nitrogens with one attached hydrogen (secondary N) is 1. The van der Waals surface area contributed by atoms with Gasteiger partial charge in [0.2, 0.25) is 0 Å². The molecule has 4 nitrogen and oxygen atoms in total. The summed E-state index contributed by atoms with van der Waals surface area (Å²) in [5.74, 6) is 0. The van der Waals surface area contributed by atoms with Crippen molar-refractivity contribution in [1.29, 1.82) is 0 Å². The van der Waals surface area contributed by atoms with E-state index in [0.717, 1.165) is 5.52 Å². The molecule has 0 saturated carbocycles. The molecule has 2 aromatic rings. The minimum absolute atomic E-state index is 0.658. The molecular formula is C8H8N4S. The summed E-state index contributed by atoms with van der Waals surface area (Å²) in [6, 6.07) is 0. The van der Waals surface area contributed by atoms with E-state index in [-0.39, 0.29) is 0 Å². The molecule has 5 heteroatoms. The zero-order valence-corrected chi connectivity index (χ0v) is 7.71. The molecule has 0 saturated heterocycles. The second-order valence-corrected chi connectivity index (χ2v) is 2.98. The van der Waals surface area contributed by atoms with E-state index in [1.54, 1.807) is 18.7 Å². The molecule has 2 rings (SSSR count). The summed E-state index contributed by atoms with van der Waals surface area (Å²) in [5.41, 5.74) is 1.46. The van der Waals surface area contributed by atoms with Crippen LogP contribution in [0.25, 0.3) is 11.2 Å². The van der Waals surface area contributed by atoms with Gasteiger partial charge in [0, 0.05) is 6.54 Å². The minimum Gasteiger partial charge on any atom is -0.341 e. The predicted octanol–water partition coefficient (Wildman–Crippen LogP) is 1.67. The molecule has 0 bridgehead atoms. The Balaban J connectivity index is 2.73. The van der Waals surface area contributed by atoms with Gasteiger partial charge >= 0.3 is 0 Å². The van der Waals surface area contributed by atoms with E-state index < -0.39 is 0 Å². The lowest BCUT2D eigenvalue weighted by molar-refractivity contribution is 0.785. The second kappa shape index (κ2) is 3.10. The first-order valence-corrected chi connectivity index (χ1v) is 4.23. The van der Waals surface area contributed by atoms with Gasteiger partial charge in [-0.2, -0.15) is 0 Å². The molecule has 0 radical (unpaired) electrons. The molecule has 66 valence electrons. The lowest BCUT2D eigenvalue weighted by atomic mass is 10.5. The van der Waals surface area contributed by atoms with Gasteiger partial charge in [0.15, 0.2) is 5.65 Å². The molecule has 2 heterocycles. The number of H-pyrrole nitrogens is 1. The summed E-state index contributed by atoms with van der Waals surface area (Å²) in [7, 11) is 0. The van der Waals surface area contributed by atoms with E-state index in [0.29, 0.717) is 16.8 Å². The number of rotatable bonds is 2. The fourth-order valence-corrected chi connectivity index (χ4v) is 1.40. The van der Waals surface area contributed by atoms with Gasteiger partial charge in [0.1, 0.15) is 10.2 Å². The first-order chi connectivity index (χ1) is 6.33. The summed E-state index contributed by atoms with van der Waals surface area (Å²) < 4.78 is 2.55. The van der Waals surface area contributed by atoms with E-state index in [2.05, 4.69) is 21.5 Å². The first-order valence-electron chi connectivity index (χ1n) is 3.82. The molecule has 0 unspecified atom stereocenters. The lowest BCUT2D eigenvalue weighted by Crippen LogP contribution is -1.99. The van der Waals surface area contributed by atoms with Crippen LogP contribution in [0.3, 0.4) is 0 Å². The predicted molar refractivity (Wildman–Crippen MR) is 52.9 cm³/mol. The Kier molecular flexibility index (Phi) is 1.94. The number of aromatic nitrogens is 4. The standard InChI is InChI=1S/C8H8N4S/c1-2-3-12-5-11-7-6(8(12)13)9-4-10-7/h2,4-5H,1,3H2,(H,9,10). The van der Waals surface area contributed by atoms with Crippen molar-refractivity contribution in [2.75, 3.05) is 0 Å². The zero-order valence-electron chi connectivity index (χ0n) is 6.90. The maximum atomic E-state index is 5.22. The third-order valence-corrected chi connectivity index (χ3v) is 2.18. The van der Waals surface area contributed by atoms with E-state index in [9.17, 15) is 0 Å². The van der Waals surface area contributed by atoms with Gasteiger partial charge in [-0.15, -0.1) is 6.58 Å². The van der Waals surface area contributed by atoms with Crippen molar-refractivity contribution in [1.82, 2.24) is 19.5 Å². The Hall–Kier alpha value is -1.49. The lowest BCUT2D eigenvalue weighted by Gasteiger charge is -2.01. The maximum absolute atomic E-state index is 5.22. The van der Waals surface area contributed by atoms with Crippen LogP contribution in [0.2, 0.25) is 0 Å². The van der Waals surface area contributed by atoms with Crippen LogP contribution in [0.15, 0.2) is 25.3 Å². The molecule has 13 heavy (non-hydrogen) atoms. The fourth-order valence-electron chi connectivity index (χ4n) is 1.13. The van der Waals surface area contributed by atoms with Crippen LogP contribution in [0.5, 0.6) is 0 Å². The highest BCUT2D eigenvalue weighted by molar-refractivity contribution is 7.71. The Labute approximate surface area is 80.0 Å². The Bertz CT molecular complexity index is 496. The molecule has 0 aliphatic heterocycles. The van der Waals surface area contributed by atoms with Crippen LogP contribution in [0.1, 0.15) is 0 Å². The molecule has 2 aromatic heterocycles. The third kappa shape index (κ3) is 1.27. The molecule has 0 aliphatic carbocycles. The van der Waals surface area contributed by atoms with Gasteiger partial charge in [-0.25, -0.2) is 9.97 Å². The summed E-state index contributed by atoms with van der Waals surface area (Å²) >= 11 is 5.22. The largest absolute Gasteiger partial charge is 0.341 e. The highest BCUT2D eigenvalue weighted by atomic mass is 32.1. The van der Waals surface area contributed by atoms with Crippen LogP contribution in [-0.4, -0.2) is 19.5 Å². The average Bonchev–Trinajstić information content (AvgIpc) is 2.58. The highest BCUT2D eigenvalue weighted by Gasteiger charge is 2.00. The van der Waals surface area contributed by atoms with Gasteiger partial charge in [-0.3, -0.25) is 0 Å². The number of hydrogen-bond acceptors (Lipinski definition) is 3. The third-order valence-electron chi connectivity index (χ3n) is 1.74. The zero-order chi connectivity index (χ0) is 9.26. The van der Waals surface area contributed by atoms with Gasteiger partial charge < -0.3 is 9.55 Å². The van der Waals surface area contributed by atoms with E-state index >= 15 is 0 Å². The van der Waals surface area contributed by atoms with Gasteiger partial charge in [-0.05, 0) is 0 Å². The van der Waals surface area contributed by atoms with Crippen LogP contribution in [0.4, 0.5) is 0 Å². The molecular weight excluding hydrogens is 184 g/mol. The van der Waals surface area contributed by atoms with Crippen LogP contribution >= 0.6 is 12.2 Å². The SMILES string of the molecule is C=CCn1cnc2nc[nH]c2c1=S. The summed E-state index contributed by atoms with van der Waals surface area (Å²) in [5, 5.41) is 0. The van der Waals surface area contributed by atoms with Gasteiger partial charge in [-0.1, -0.05) is 18.3 Å². The molecule has 0 spiro atoms. The number of imidazole rings is 1. The highest BCUT2D eigenvalue weighted by Crippen LogP contribution is 2.06. The van der Waals surface area contributed by atoms with Crippen LogP contribution in [0, 0.1) is 4.64 Å². The normalized spacial score (nSPS) is 10.5. The van der Waals surface area contributed by atoms with Crippen molar-refractivity contribution in [3.63, 3.8) is 0 Å². The number of nitrogens with zero attached hydrogens (tertiary/aromatic N) is 3. The number of aromatic amines is 1. The number of hydrogen-bond donors (Lipinski definition) is 1. The maximum Gasteiger partial charge on any atom is 0.181 e. The monoisotopic (exact) mass is 192 g/mol. The van der Waals surface area contributed by atoms with Gasteiger partial charge in [0.25, 0.3) is 0 Å². The van der Waals surface area contributed by atoms with Crippen molar-refractivity contribution in [3.8, 4) is 0 Å². The molecule has 0 amide bonds. The van der Waals surface area contributed by atoms with E-state index in [1.165, 1.54) is 0 Å². The second-order valence-electron chi connectivity index (χ2n) is 2.59. The minimum atomic E-state index is 0.658. The van der Waals surface area contributed by atoms with Crippen LogP contribution in [-0.2, 0) is 6.54 Å². The molecule has 0 atom stereocenters. The topological polar surface area (TPSA) is 46.5 Å². The molecule has 0 fully saturated rings. The summed E-state index contributed by atoms with van der Waals surface area (Å²) in [6.45, 7) is 4.31. The van der Waals surface area contributed by atoms with Crippen molar-refractivity contribution >= 4 is 23.4 Å².